The molecule has 2 heterocycles. The highest BCUT2D eigenvalue weighted by Gasteiger charge is 2.29. The summed E-state index contributed by atoms with van der Waals surface area (Å²) in [6.45, 7) is 2.15. The van der Waals surface area contributed by atoms with Gasteiger partial charge in [0, 0.05) is 11.7 Å². The summed E-state index contributed by atoms with van der Waals surface area (Å²) in [6.07, 6.45) is 1.75. The second kappa shape index (κ2) is 4.37. The molecular formula is C13H11ClN2OS. The summed E-state index contributed by atoms with van der Waals surface area (Å²) < 4.78 is 0. The van der Waals surface area contributed by atoms with Gasteiger partial charge < -0.3 is 4.90 Å². The van der Waals surface area contributed by atoms with Crippen molar-refractivity contribution >= 4 is 40.0 Å². The van der Waals surface area contributed by atoms with Gasteiger partial charge in [0.1, 0.15) is 4.88 Å². The molecule has 0 saturated heterocycles. The van der Waals surface area contributed by atoms with Gasteiger partial charge in [-0.25, -0.2) is 4.98 Å². The van der Waals surface area contributed by atoms with Crippen LogP contribution >= 0.6 is 22.9 Å². The number of anilines is 2. The number of para-hydroxylation sites is 1. The minimum absolute atomic E-state index is 0.293. The van der Waals surface area contributed by atoms with Crippen LogP contribution in [-0.4, -0.2) is 17.3 Å². The first kappa shape index (κ1) is 11.7. The fraction of sp³-hybridized carbons (Fsp3) is 0.231. The van der Waals surface area contributed by atoms with Gasteiger partial charge in [0.15, 0.2) is 16.6 Å². The predicted molar refractivity (Wildman–Crippen MR) is 74.3 cm³/mol. The first-order chi connectivity index (χ1) is 8.70. The van der Waals surface area contributed by atoms with Gasteiger partial charge in [0.2, 0.25) is 0 Å². The van der Waals surface area contributed by atoms with Crippen LogP contribution in [0.1, 0.15) is 22.2 Å². The van der Waals surface area contributed by atoms with E-state index in [0.717, 1.165) is 23.5 Å². The van der Waals surface area contributed by atoms with E-state index >= 15 is 0 Å². The lowest BCUT2D eigenvalue weighted by Crippen LogP contribution is -2.23. The maximum Gasteiger partial charge on any atom is 0.192 e. The SMILES string of the molecule is CC1Cc2ccccc2N1c1nc(Cl)c(C=O)s1. The summed E-state index contributed by atoms with van der Waals surface area (Å²) in [5.41, 5.74) is 2.47. The molecule has 0 fully saturated rings. The van der Waals surface area contributed by atoms with Crippen LogP contribution < -0.4 is 4.90 Å². The molecule has 0 aliphatic carbocycles. The molecule has 0 radical (unpaired) electrons. The van der Waals surface area contributed by atoms with Crippen molar-refractivity contribution in [1.29, 1.82) is 0 Å². The van der Waals surface area contributed by atoms with E-state index in [0.29, 0.717) is 16.1 Å². The first-order valence-electron chi connectivity index (χ1n) is 5.69. The predicted octanol–water partition coefficient (Wildman–Crippen LogP) is 3.69. The highest BCUT2D eigenvalue weighted by molar-refractivity contribution is 7.17. The highest BCUT2D eigenvalue weighted by Crippen LogP contribution is 2.41. The number of hydrogen-bond donors (Lipinski definition) is 0. The Balaban J connectivity index is 2.08. The Hall–Kier alpha value is -1.39. The molecule has 5 heteroatoms. The van der Waals surface area contributed by atoms with Crippen molar-refractivity contribution in [3.8, 4) is 0 Å². The topological polar surface area (TPSA) is 33.2 Å². The number of nitrogens with zero attached hydrogens (tertiary/aromatic N) is 2. The highest BCUT2D eigenvalue weighted by atomic mass is 35.5. The summed E-state index contributed by atoms with van der Waals surface area (Å²) in [7, 11) is 0. The number of fused-ring (bicyclic) bond motifs is 1. The van der Waals surface area contributed by atoms with Gasteiger partial charge in [-0.15, -0.1) is 0 Å². The number of carbonyl (C=O) groups is 1. The molecule has 1 atom stereocenters. The molecular weight excluding hydrogens is 268 g/mol. The second-order valence-corrected chi connectivity index (χ2v) is 5.69. The summed E-state index contributed by atoms with van der Waals surface area (Å²) in [6, 6.07) is 8.60. The molecule has 0 spiro atoms. The van der Waals surface area contributed by atoms with Crippen molar-refractivity contribution < 1.29 is 4.79 Å². The lowest BCUT2D eigenvalue weighted by molar-refractivity contribution is 0.112. The van der Waals surface area contributed by atoms with E-state index in [1.54, 1.807) is 0 Å². The molecule has 1 aromatic heterocycles. The lowest BCUT2D eigenvalue weighted by Gasteiger charge is -2.21. The third-order valence-corrected chi connectivity index (χ3v) is 4.50. The van der Waals surface area contributed by atoms with Crippen LogP contribution in [0.3, 0.4) is 0 Å². The van der Waals surface area contributed by atoms with Crippen LogP contribution in [0.5, 0.6) is 0 Å². The largest absolute Gasteiger partial charge is 0.314 e. The summed E-state index contributed by atoms with van der Waals surface area (Å²) >= 11 is 7.28. The number of aromatic nitrogens is 1. The van der Waals surface area contributed by atoms with Crippen LogP contribution in [0, 0.1) is 0 Å². The van der Waals surface area contributed by atoms with Gasteiger partial charge in [-0.05, 0) is 25.0 Å². The Kier molecular flexibility index (Phi) is 2.84. The maximum atomic E-state index is 10.9. The van der Waals surface area contributed by atoms with E-state index in [1.807, 2.05) is 12.1 Å². The number of thiazole rings is 1. The first-order valence-corrected chi connectivity index (χ1v) is 6.89. The van der Waals surface area contributed by atoms with Crippen LogP contribution in [0.25, 0.3) is 0 Å². The van der Waals surface area contributed by atoms with Gasteiger partial charge >= 0.3 is 0 Å². The van der Waals surface area contributed by atoms with Gasteiger partial charge in [0.25, 0.3) is 0 Å². The van der Waals surface area contributed by atoms with E-state index in [-0.39, 0.29) is 0 Å². The maximum absolute atomic E-state index is 10.9. The molecule has 1 aromatic carbocycles. The molecule has 3 nitrogen and oxygen atoms in total. The molecule has 1 aliphatic heterocycles. The number of aldehydes is 1. The molecule has 18 heavy (non-hydrogen) atoms. The van der Waals surface area contributed by atoms with Crippen molar-refractivity contribution in [3.05, 3.63) is 39.9 Å². The number of hydrogen-bond acceptors (Lipinski definition) is 4. The Morgan fingerprint density at radius 1 is 1.50 bits per heavy atom. The fourth-order valence-corrected chi connectivity index (χ4v) is 3.51. The molecule has 92 valence electrons. The smallest absolute Gasteiger partial charge is 0.192 e. The quantitative estimate of drug-likeness (QED) is 0.786. The van der Waals surface area contributed by atoms with Crippen LogP contribution in [0.15, 0.2) is 24.3 Å². The third kappa shape index (κ3) is 1.72. The molecule has 0 amide bonds. The Bertz CT molecular complexity index is 611. The van der Waals surface area contributed by atoms with E-state index < -0.39 is 0 Å². The minimum atomic E-state index is 0.293. The normalized spacial score (nSPS) is 17.9. The van der Waals surface area contributed by atoms with Crippen molar-refractivity contribution in [3.63, 3.8) is 0 Å². The van der Waals surface area contributed by atoms with Crippen LogP contribution in [0.4, 0.5) is 10.8 Å². The van der Waals surface area contributed by atoms with Gasteiger partial charge in [-0.2, -0.15) is 0 Å². The summed E-state index contributed by atoms with van der Waals surface area (Å²) in [5.74, 6) is 0. The molecule has 3 rings (SSSR count). The molecule has 1 unspecified atom stereocenters. The minimum Gasteiger partial charge on any atom is -0.314 e. The van der Waals surface area contributed by atoms with Crippen molar-refractivity contribution in [1.82, 2.24) is 4.98 Å². The van der Waals surface area contributed by atoms with E-state index in [4.69, 9.17) is 11.6 Å². The Morgan fingerprint density at radius 2 is 2.28 bits per heavy atom. The van der Waals surface area contributed by atoms with Crippen LogP contribution in [0.2, 0.25) is 5.15 Å². The zero-order chi connectivity index (χ0) is 12.7. The van der Waals surface area contributed by atoms with E-state index in [1.165, 1.54) is 16.9 Å². The van der Waals surface area contributed by atoms with E-state index in [9.17, 15) is 4.79 Å². The molecule has 1 aliphatic rings. The standard InChI is InChI=1S/C13H11ClN2OS/c1-8-6-9-4-2-3-5-10(9)16(8)13-15-12(14)11(7-17)18-13/h2-5,7-8H,6H2,1H3. The van der Waals surface area contributed by atoms with Crippen molar-refractivity contribution in [2.45, 2.75) is 19.4 Å². The summed E-state index contributed by atoms with van der Waals surface area (Å²) in [4.78, 5) is 17.8. The molecule has 0 N–H and O–H groups in total. The molecule has 2 aromatic rings. The Morgan fingerprint density at radius 3 is 3.00 bits per heavy atom. The average Bonchev–Trinajstić information content (AvgIpc) is 2.88. The Labute approximate surface area is 114 Å². The zero-order valence-electron chi connectivity index (χ0n) is 9.76. The monoisotopic (exact) mass is 278 g/mol. The van der Waals surface area contributed by atoms with Gasteiger partial charge in [-0.3, -0.25) is 4.79 Å². The number of halogens is 1. The second-order valence-electron chi connectivity index (χ2n) is 4.32. The van der Waals surface area contributed by atoms with E-state index in [2.05, 4.69) is 28.9 Å². The van der Waals surface area contributed by atoms with Crippen LogP contribution in [-0.2, 0) is 6.42 Å². The van der Waals surface area contributed by atoms with Crippen molar-refractivity contribution in [2.75, 3.05) is 4.90 Å². The van der Waals surface area contributed by atoms with Crippen molar-refractivity contribution in [2.24, 2.45) is 0 Å². The lowest BCUT2D eigenvalue weighted by atomic mass is 10.1. The zero-order valence-corrected chi connectivity index (χ0v) is 11.3. The number of benzene rings is 1. The van der Waals surface area contributed by atoms with Gasteiger partial charge in [-0.1, -0.05) is 41.1 Å². The summed E-state index contributed by atoms with van der Waals surface area (Å²) in [5, 5.41) is 1.08. The molecule has 0 saturated carbocycles. The fourth-order valence-electron chi connectivity index (χ4n) is 2.34. The average molecular weight is 279 g/mol. The number of rotatable bonds is 2. The van der Waals surface area contributed by atoms with Gasteiger partial charge in [0.05, 0.1) is 0 Å². The molecule has 0 bridgehead atoms. The third-order valence-electron chi connectivity index (χ3n) is 3.12. The number of carbonyl (C=O) groups excluding carboxylic acids is 1.